The molecule has 0 amide bonds. The van der Waals surface area contributed by atoms with Gasteiger partial charge >= 0.3 is 5.97 Å². The zero-order chi connectivity index (χ0) is 15.6. The number of hydrogen-bond acceptors (Lipinski definition) is 5. The van der Waals surface area contributed by atoms with Crippen LogP contribution in [-0.2, 0) is 6.42 Å². The molecule has 1 N–H and O–H groups in total. The molecular weight excluding hydrogens is 276 g/mol. The SMILES string of the molecule is CC(C)Cc1nc(-c2ccc([N+](=O)[O-])cc2)oc1C(=O)O. The van der Waals surface area contributed by atoms with Gasteiger partial charge in [0.1, 0.15) is 0 Å². The van der Waals surface area contributed by atoms with Gasteiger partial charge in [0.2, 0.25) is 11.7 Å². The van der Waals surface area contributed by atoms with Gasteiger partial charge in [-0.1, -0.05) is 13.8 Å². The molecule has 0 radical (unpaired) electrons. The molecule has 0 saturated heterocycles. The van der Waals surface area contributed by atoms with Gasteiger partial charge in [-0.25, -0.2) is 9.78 Å². The number of hydrogen-bond donors (Lipinski definition) is 1. The van der Waals surface area contributed by atoms with Crippen LogP contribution in [0.5, 0.6) is 0 Å². The molecule has 0 spiro atoms. The van der Waals surface area contributed by atoms with Gasteiger partial charge < -0.3 is 9.52 Å². The lowest BCUT2D eigenvalue weighted by Gasteiger charge is -2.00. The van der Waals surface area contributed by atoms with E-state index < -0.39 is 10.9 Å². The van der Waals surface area contributed by atoms with E-state index in [0.717, 1.165) is 0 Å². The summed E-state index contributed by atoms with van der Waals surface area (Å²) in [7, 11) is 0. The minimum absolute atomic E-state index is 0.0498. The lowest BCUT2D eigenvalue weighted by Crippen LogP contribution is -2.03. The average molecular weight is 290 g/mol. The first-order valence-electron chi connectivity index (χ1n) is 6.36. The number of aromatic nitrogens is 1. The van der Waals surface area contributed by atoms with E-state index in [2.05, 4.69) is 4.98 Å². The van der Waals surface area contributed by atoms with Gasteiger partial charge in [0.05, 0.1) is 10.6 Å². The number of non-ortho nitro benzene ring substituents is 1. The van der Waals surface area contributed by atoms with E-state index in [0.29, 0.717) is 17.7 Å². The van der Waals surface area contributed by atoms with Crippen LogP contribution >= 0.6 is 0 Å². The van der Waals surface area contributed by atoms with Crippen molar-refractivity contribution in [1.82, 2.24) is 4.98 Å². The fraction of sp³-hybridized carbons (Fsp3) is 0.286. The van der Waals surface area contributed by atoms with Crippen molar-refractivity contribution in [1.29, 1.82) is 0 Å². The number of nitro groups is 1. The smallest absolute Gasteiger partial charge is 0.373 e. The third kappa shape index (κ3) is 3.25. The molecule has 0 aliphatic rings. The van der Waals surface area contributed by atoms with Crippen molar-refractivity contribution in [2.24, 2.45) is 5.92 Å². The lowest BCUT2D eigenvalue weighted by molar-refractivity contribution is -0.384. The van der Waals surface area contributed by atoms with Gasteiger partial charge in [0.25, 0.3) is 5.69 Å². The van der Waals surface area contributed by atoms with Crippen molar-refractivity contribution in [3.63, 3.8) is 0 Å². The zero-order valence-corrected chi connectivity index (χ0v) is 11.6. The molecule has 0 unspecified atom stereocenters. The highest BCUT2D eigenvalue weighted by atomic mass is 16.6. The van der Waals surface area contributed by atoms with E-state index >= 15 is 0 Å². The third-order valence-corrected chi connectivity index (χ3v) is 2.82. The Bertz CT molecular complexity index is 673. The molecule has 1 aromatic carbocycles. The standard InChI is InChI=1S/C14H14N2O5/c1-8(2)7-11-12(14(17)18)21-13(15-11)9-3-5-10(6-4-9)16(19)20/h3-6,8H,7H2,1-2H3,(H,17,18). The minimum atomic E-state index is -1.17. The van der Waals surface area contributed by atoms with Crippen LogP contribution in [0.15, 0.2) is 28.7 Å². The van der Waals surface area contributed by atoms with Gasteiger partial charge in [-0.15, -0.1) is 0 Å². The normalized spacial score (nSPS) is 10.8. The highest BCUT2D eigenvalue weighted by molar-refractivity contribution is 5.86. The molecule has 0 atom stereocenters. The Balaban J connectivity index is 2.39. The molecule has 1 heterocycles. The number of carboxylic acids is 1. The highest BCUT2D eigenvalue weighted by Crippen LogP contribution is 2.25. The second kappa shape index (κ2) is 5.74. The molecule has 7 heteroatoms. The maximum Gasteiger partial charge on any atom is 0.373 e. The molecule has 110 valence electrons. The second-order valence-corrected chi connectivity index (χ2v) is 5.00. The summed E-state index contributed by atoms with van der Waals surface area (Å²) < 4.78 is 5.28. The first-order valence-corrected chi connectivity index (χ1v) is 6.36. The topological polar surface area (TPSA) is 106 Å². The summed E-state index contributed by atoms with van der Waals surface area (Å²) in [5.74, 6) is -0.973. The fourth-order valence-electron chi connectivity index (χ4n) is 1.89. The number of nitro benzene ring substituents is 1. The lowest BCUT2D eigenvalue weighted by atomic mass is 10.1. The van der Waals surface area contributed by atoms with Crippen molar-refractivity contribution in [3.8, 4) is 11.5 Å². The summed E-state index contributed by atoms with van der Waals surface area (Å²) in [5.41, 5.74) is 0.829. The largest absolute Gasteiger partial charge is 0.475 e. The Hall–Kier alpha value is -2.70. The molecule has 0 aliphatic heterocycles. The second-order valence-electron chi connectivity index (χ2n) is 5.00. The number of benzene rings is 1. The molecule has 0 saturated carbocycles. The van der Waals surface area contributed by atoms with E-state index in [1.54, 1.807) is 0 Å². The zero-order valence-electron chi connectivity index (χ0n) is 11.6. The Kier molecular flexibility index (Phi) is 4.02. The monoisotopic (exact) mass is 290 g/mol. The van der Waals surface area contributed by atoms with Crippen LogP contribution in [0.25, 0.3) is 11.5 Å². The molecule has 1 aromatic heterocycles. The molecule has 7 nitrogen and oxygen atoms in total. The summed E-state index contributed by atoms with van der Waals surface area (Å²) in [6.45, 7) is 3.90. The molecular formula is C14H14N2O5. The number of oxazole rings is 1. The van der Waals surface area contributed by atoms with Gasteiger partial charge in [-0.2, -0.15) is 0 Å². The van der Waals surface area contributed by atoms with Crippen LogP contribution in [0.3, 0.4) is 0 Å². The van der Waals surface area contributed by atoms with Gasteiger partial charge in [-0.3, -0.25) is 10.1 Å². The van der Waals surface area contributed by atoms with Crippen molar-refractivity contribution in [2.45, 2.75) is 20.3 Å². The first kappa shape index (κ1) is 14.7. The minimum Gasteiger partial charge on any atom is -0.475 e. The van der Waals surface area contributed by atoms with Gasteiger partial charge in [-0.05, 0) is 24.5 Å². The Morgan fingerprint density at radius 2 is 2.00 bits per heavy atom. The summed E-state index contributed by atoms with van der Waals surface area (Å²) in [6.07, 6.45) is 0.484. The predicted octanol–water partition coefficient (Wildman–Crippen LogP) is 3.15. The van der Waals surface area contributed by atoms with E-state index in [4.69, 9.17) is 9.52 Å². The number of nitrogens with zero attached hydrogens (tertiary/aromatic N) is 2. The van der Waals surface area contributed by atoms with Crippen molar-refractivity contribution >= 4 is 11.7 Å². The summed E-state index contributed by atoms with van der Waals surface area (Å²) in [5, 5.41) is 19.7. The quantitative estimate of drug-likeness (QED) is 0.669. The van der Waals surface area contributed by atoms with Gasteiger partial charge in [0.15, 0.2) is 0 Å². The summed E-state index contributed by atoms with van der Waals surface area (Å²) in [4.78, 5) is 25.5. The van der Waals surface area contributed by atoms with Crippen LogP contribution in [0.4, 0.5) is 5.69 Å². The van der Waals surface area contributed by atoms with E-state index in [-0.39, 0.29) is 23.3 Å². The highest BCUT2D eigenvalue weighted by Gasteiger charge is 2.21. The predicted molar refractivity (Wildman–Crippen MR) is 74.1 cm³/mol. The van der Waals surface area contributed by atoms with Crippen LogP contribution in [0, 0.1) is 16.0 Å². The molecule has 21 heavy (non-hydrogen) atoms. The van der Waals surface area contributed by atoms with Crippen molar-refractivity contribution in [2.75, 3.05) is 0 Å². The molecule has 0 aliphatic carbocycles. The molecule has 2 aromatic rings. The van der Waals surface area contributed by atoms with Gasteiger partial charge in [0, 0.05) is 17.7 Å². The maximum atomic E-state index is 11.2. The van der Waals surface area contributed by atoms with E-state index in [1.165, 1.54) is 24.3 Å². The molecule has 0 bridgehead atoms. The average Bonchev–Trinajstić information content (AvgIpc) is 2.82. The fourth-order valence-corrected chi connectivity index (χ4v) is 1.89. The number of aromatic carboxylic acids is 1. The number of rotatable bonds is 5. The van der Waals surface area contributed by atoms with Crippen LogP contribution in [0.2, 0.25) is 0 Å². The summed E-state index contributed by atoms with van der Waals surface area (Å²) >= 11 is 0. The van der Waals surface area contributed by atoms with Crippen LogP contribution in [0.1, 0.15) is 30.1 Å². The maximum absolute atomic E-state index is 11.2. The van der Waals surface area contributed by atoms with Crippen molar-refractivity contribution in [3.05, 3.63) is 45.8 Å². The van der Waals surface area contributed by atoms with E-state index in [9.17, 15) is 14.9 Å². The Labute approximate surface area is 120 Å². The molecule has 0 fully saturated rings. The number of carbonyl (C=O) groups is 1. The van der Waals surface area contributed by atoms with Crippen molar-refractivity contribution < 1.29 is 19.2 Å². The third-order valence-electron chi connectivity index (χ3n) is 2.82. The van der Waals surface area contributed by atoms with Crippen LogP contribution in [-0.4, -0.2) is 21.0 Å². The first-order chi connectivity index (χ1) is 9.88. The Morgan fingerprint density at radius 1 is 1.38 bits per heavy atom. The molecule has 2 rings (SSSR count). The summed E-state index contributed by atoms with van der Waals surface area (Å²) in [6, 6.07) is 5.60. The Morgan fingerprint density at radius 3 is 2.48 bits per heavy atom. The van der Waals surface area contributed by atoms with Crippen LogP contribution < -0.4 is 0 Å². The number of carboxylic acid groups (broad SMARTS) is 1. The van der Waals surface area contributed by atoms with E-state index in [1.807, 2.05) is 13.8 Å².